The van der Waals surface area contributed by atoms with Gasteiger partial charge in [0.15, 0.2) is 0 Å². The summed E-state index contributed by atoms with van der Waals surface area (Å²) in [6.45, 7) is 3.60. The van der Waals surface area contributed by atoms with Gasteiger partial charge in [-0.15, -0.1) is 11.6 Å². The molecule has 2 nitrogen and oxygen atoms in total. The Morgan fingerprint density at radius 2 is 2.37 bits per heavy atom. The van der Waals surface area contributed by atoms with Gasteiger partial charge in [0.05, 0.1) is 24.2 Å². The Kier molecular flexibility index (Phi) is 5.57. The zero-order valence-corrected chi connectivity index (χ0v) is 12.0. The van der Waals surface area contributed by atoms with Crippen molar-refractivity contribution in [1.82, 2.24) is 0 Å². The molecule has 0 bridgehead atoms. The average Bonchev–Trinajstić information content (AvgIpc) is 2.91. The van der Waals surface area contributed by atoms with Crippen LogP contribution in [0.15, 0.2) is 18.2 Å². The summed E-state index contributed by atoms with van der Waals surface area (Å²) in [5, 5.41) is 0. The van der Waals surface area contributed by atoms with E-state index in [4.69, 9.17) is 21.1 Å². The molecule has 0 radical (unpaired) electrons. The first-order chi connectivity index (χ1) is 9.29. The van der Waals surface area contributed by atoms with Crippen molar-refractivity contribution in [3.63, 3.8) is 0 Å². The van der Waals surface area contributed by atoms with Crippen LogP contribution in [-0.2, 0) is 4.74 Å². The van der Waals surface area contributed by atoms with E-state index in [9.17, 15) is 0 Å². The second-order valence-electron chi connectivity index (χ2n) is 4.71. The second kappa shape index (κ2) is 7.43. The zero-order valence-electron chi connectivity index (χ0n) is 11.2. The van der Waals surface area contributed by atoms with Crippen LogP contribution in [0.4, 0.5) is 0 Å². The molecule has 1 aliphatic rings. The minimum atomic E-state index is 0.337. The number of alkyl halides is 1. The number of aryl methyl sites for hydroxylation is 1. The molecular weight excluding hydrogens is 260 g/mol. The topological polar surface area (TPSA) is 18.5 Å². The lowest BCUT2D eigenvalue weighted by Gasteiger charge is -2.12. The molecule has 1 unspecified atom stereocenters. The van der Waals surface area contributed by atoms with E-state index in [1.807, 2.05) is 25.1 Å². The first-order valence-corrected chi connectivity index (χ1v) is 7.23. The molecule has 1 aromatic rings. The van der Waals surface area contributed by atoms with Gasteiger partial charge in [-0.05, 0) is 37.5 Å². The van der Waals surface area contributed by atoms with Crippen molar-refractivity contribution in [2.45, 2.75) is 32.3 Å². The van der Waals surface area contributed by atoms with Gasteiger partial charge in [0.1, 0.15) is 5.75 Å². The molecule has 0 saturated carbocycles. The molecule has 3 heteroatoms. The Balaban J connectivity index is 1.94. The van der Waals surface area contributed by atoms with Crippen molar-refractivity contribution in [2.24, 2.45) is 0 Å². The maximum Gasteiger partial charge on any atom is 0.134 e. The van der Waals surface area contributed by atoms with Crippen LogP contribution in [0.1, 0.15) is 30.4 Å². The van der Waals surface area contributed by atoms with Gasteiger partial charge in [0.2, 0.25) is 0 Å². The lowest BCUT2D eigenvalue weighted by Crippen LogP contribution is -2.11. The van der Waals surface area contributed by atoms with E-state index in [1.54, 1.807) is 0 Å². The third-order valence-electron chi connectivity index (χ3n) is 3.15. The lowest BCUT2D eigenvalue weighted by molar-refractivity contribution is 0.0903. The van der Waals surface area contributed by atoms with Crippen molar-refractivity contribution in [2.75, 3.05) is 19.1 Å². The smallest absolute Gasteiger partial charge is 0.134 e. The molecule has 1 aromatic carbocycles. The molecule has 0 N–H and O–H groups in total. The highest BCUT2D eigenvalue weighted by molar-refractivity contribution is 6.19. The third-order valence-corrected chi connectivity index (χ3v) is 3.28. The van der Waals surface area contributed by atoms with Crippen molar-refractivity contribution in [3.05, 3.63) is 29.3 Å². The Hall–Kier alpha value is -1.17. The van der Waals surface area contributed by atoms with Gasteiger partial charge >= 0.3 is 0 Å². The van der Waals surface area contributed by atoms with Crippen LogP contribution in [0, 0.1) is 18.8 Å². The fourth-order valence-electron chi connectivity index (χ4n) is 2.17. The Bertz CT molecular complexity index is 467. The zero-order chi connectivity index (χ0) is 13.5. The lowest BCUT2D eigenvalue weighted by atomic mass is 10.1. The summed E-state index contributed by atoms with van der Waals surface area (Å²) >= 11 is 5.60. The molecular formula is C16H19ClO2. The van der Waals surface area contributed by atoms with Gasteiger partial charge in [-0.1, -0.05) is 17.9 Å². The average molecular weight is 279 g/mol. The third kappa shape index (κ3) is 4.45. The molecule has 0 spiro atoms. The van der Waals surface area contributed by atoms with E-state index in [1.165, 1.54) is 12.0 Å². The number of rotatable bonds is 4. The molecule has 1 saturated heterocycles. The molecule has 1 heterocycles. The van der Waals surface area contributed by atoms with Crippen LogP contribution < -0.4 is 4.74 Å². The number of ether oxygens (including phenoxy) is 2. The van der Waals surface area contributed by atoms with Crippen molar-refractivity contribution < 1.29 is 9.47 Å². The highest BCUT2D eigenvalue weighted by Gasteiger charge is 2.15. The van der Waals surface area contributed by atoms with Crippen LogP contribution in [0.25, 0.3) is 0 Å². The predicted octanol–water partition coefficient (Wildman–Crippen LogP) is 3.53. The number of hydrogen-bond donors (Lipinski definition) is 0. The van der Waals surface area contributed by atoms with E-state index >= 15 is 0 Å². The van der Waals surface area contributed by atoms with Crippen LogP contribution >= 0.6 is 11.6 Å². The Morgan fingerprint density at radius 3 is 3.11 bits per heavy atom. The molecule has 0 amide bonds. The maximum absolute atomic E-state index is 5.83. The fourth-order valence-corrected chi connectivity index (χ4v) is 2.24. The standard InChI is InChI=1S/C16H19ClO2/c1-13-6-7-16(14(12-13)4-2-9-17)19-11-8-15-5-3-10-18-15/h6-7,12,15H,3,5,8-11H2,1H3. The van der Waals surface area contributed by atoms with E-state index in [0.29, 0.717) is 18.6 Å². The highest BCUT2D eigenvalue weighted by Crippen LogP contribution is 2.21. The number of halogens is 1. The summed E-state index contributed by atoms with van der Waals surface area (Å²) < 4.78 is 11.4. The van der Waals surface area contributed by atoms with Crippen LogP contribution in [0.3, 0.4) is 0 Å². The van der Waals surface area contributed by atoms with E-state index in [2.05, 4.69) is 11.8 Å². The van der Waals surface area contributed by atoms with Crippen LogP contribution in [0.2, 0.25) is 0 Å². The number of benzene rings is 1. The summed E-state index contributed by atoms with van der Waals surface area (Å²) in [5.74, 6) is 7.09. The Morgan fingerprint density at radius 1 is 1.47 bits per heavy atom. The minimum absolute atomic E-state index is 0.337. The van der Waals surface area contributed by atoms with Crippen LogP contribution in [-0.4, -0.2) is 25.2 Å². The molecule has 0 aromatic heterocycles. The van der Waals surface area contributed by atoms with Crippen molar-refractivity contribution in [1.29, 1.82) is 0 Å². The largest absolute Gasteiger partial charge is 0.492 e. The monoisotopic (exact) mass is 278 g/mol. The summed E-state index contributed by atoms with van der Waals surface area (Å²) in [7, 11) is 0. The van der Waals surface area contributed by atoms with Gasteiger partial charge in [0.25, 0.3) is 0 Å². The molecule has 1 fully saturated rings. The fraction of sp³-hybridized carbons (Fsp3) is 0.500. The summed E-state index contributed by atoms with van der Waals surface area (Å²) in [6, 6.07) is 6.04. The Labute approximate surface area is 120 Å². The van der Waals surface area contributed by atoms with Crippen LogP contribution in [0.5, 0.6) is 5.75 Å². The highest BCUT2D eigenvalue weighted by atomic mass is 35.5. The minimum Gasteiger partial charge on any atom is -0.492 e. The SMILES string of the molecule is Cc1ccc(OCCC2CCCO2)c(C#CCCl)c1. The van der Waals surface area contributed by atoms with Gasteiger partial charge in [-0.3, -0.25) is 0 Å². The molecule has 19 heavy (non-hydrogen) atoms. The van der Waals surface area contributed by atoms with Gasteiger partial charge in [-0.2, -0.15) is 0 Å². The normalized spacial score (nSPS) is 17.9. The first kappa shape index (κ1) is 14.2. The first-order valence-electron chi connectivity index (χ1n) is 6.69. The maximum atomic E-state index is 5.83. The molecule has 1 aliphatic heterocycles. The summed E-state index contributed by atoms with van der Waals surface area (Å²) in [4.78, 5) is 0. The van der Waals surface area contributed by atoms with Gasteiger partial charge < -0.3 is 9.47 Å². The predicted molar refractivity (Wildman–Crippen MR) is 77.9 cm³/mol. The van der Waals surface area contributed by atoms with E-state index < -0.39 is 0 Å². The van der Waals surface area contributed by atoms with E-state index in [0.717, 1.165) is 30.8 Å². The quantitative estimate of drug-likeness (QED) is 0.620. The molecule has 0 aliphatic carbocycles. The summed E-state index contributed by atoms with van der Waals surface area (Å²) in [6.07, 6.45) is 3.62. The molecule has 102 valence electrons. The van der Waals surface area contributed by atoms with Crippen molar-refractivity contribution >= 4 is 11.6 Å². The van der Waals surface area contributed by atoms with Gasteiger partial charge in [-0.25, -0.2) is 0 Å². The second-order valence-corrected chi connectivity index (χ2v) is 4.97. The van der Waals surface area contributed by atoms with Crippen molar-refractivity contribution in [3.8, 4) is 17.6 Å². The molecule has 2 rings (SSSR count). The molecule has 1 atom stereocenters. The summed E-state index contributed by atoms with van der Waals surface area (Å²) in [5.41, 5.74) is 2.08. The number of hydrogen-bond acceptors (Lipinski definition) is 2. The van der Waals surface area contributed by atoms with Gasteiger partial charge in [0, 0.05) is 13.0 Å². The van der Waals surface area contributed by atoms with E-state index in [-0.39, 0.29) is 0 Å².